The summed E-state index contributed by atoms with van der Waals surface area (Å²) in [7, 11) is 0. The number of carboxylic acids is 1. The number of fused-ring (bicyclic) bond motifs is 1. The zero-order chi connectivity index (χ0) is 12.5. The number of nitrogens with zero attached hydrogens (tertiary/aromatic N) is 2. The predicted octanol–water partition coefficient (Wildman–Crippen LogP) is 2.60. The average molecular weight is 242 g/mol. The Morgan fingerprint density at radius 2 is 1.94 bits per heavy atom. The fourth-order valence-corrected chi connectivity index (χ4v) is 2.87. The molecular formula is C14H14N2O2. The lowest BCUT2D eigenvalue weighted by Crippen LogP contribution is -2.16. The molecule has 1 aliphatic rings. The van der Waals surface area contributed by atoms with Gasteiger partial charge >= 0.3 is 5.97 Å². The van der Waals surface area contributed by atoms with Crippen molar-refractivity contribution in [2.24, 2.45) is 5.92 Å². The third kappa shape index (κ3) is 1.83. The summed E-state index contributed by atoms with van der Waals surface area (Å²) >= 11 is 0. The minimum absolute atomic E-state index is 0.119. The first-order valence-corrected chi connectivity index (χ1v) is 6.19. The van der Waals surface area contributed by atoms with Crippen LogP contribution < -0.4 is 0 Å². The van der Waals surface area contributed by atoms with E-state index in [1.807, 2.05) is 18.2 Å². The van der Waals surface area contributed by atoms with E-state index in [2.05, 4.69) is 9.97 Å². The Kier molecular flexibility index (Phi) is 2.70. The monoisotopic (exact) mass is 242 g/mol. The highest BCUT2D eigenvalue weighted by molar-refractivity contribution is 5.76. The van der Waals surface area contributed by atoms with E-state index in [0.717, 1.165) is 35.9 Å². The summed E-state index contributed by atoms with van der Waals surface area (Å²) in [6.07, 6.45) is 6.04. The molecule has 1 fully saturated rings. The molecule has 18 heavy (non-hydrogen) atoms. The van der Waals surface area contributed by atoms with Crippen molar-refractivity contribution in [1.29, 1.82) is 0 Å². The van der Waals surface area contributed by atoms with Gasteiger partial charge in [0.25, 0.3) is 0 Å². The summed E-state index contributed by atoms with van der Waals surface area (Å²) < 4.78 is 0. The molecule has 1 aliphatic carbocycles. The standard InChI is InChI=1S/C14H14N2O2/c17-14(18)11-3-1-2-10(11)9-4-5-12-13(8-9)16-7-6-15-12/h4-8,10-11H,1-3H2,(H,17,18)/t10-,11+/m0/s1. The summed E-state index contributed by atoms with van der Waals surface area (Å²) in [6.45, 7) is 0. The van der Waals surface area contributed by atoms with Crippen molar-refractivity contribution in [1.82, 2.24) is 9.97 Å². The normalized spacial score (nSPS) is 23.3. The second-order valence-electron chi connectivity index (χ2n) is 4.79. The molecule has 0 radical (unpaired) electrons. The second kappa shape index (κ2) is 4.37. The van der Waals surface area contributed by atoms with Gasteiger partial charge in [0.2, 0.25) is 0 Å². The fraction of sp³-hybridized carbons (Fsp3) is 0.357. The molecule has 1 saturated carbocycles. The van der Waals surface area contributed by atoms with Crippen LogP contribution in [0.2, 0.25) is 0 Å². The number of rotatable bonds is 2. The summed E-state index contributed by atoms with van der Waals surface area (Å²) in [5, 5.41) is 9.23. The van der Waals surface area contributed by atoms with Crippen LogP contribution in [0.3, 0.4) is 0 Å². The van der Waals surface area contributed by atoms with E-state index >= 15 is 0 Å². The van der Waals surface area contributed by atoms with Crippen LogP contribution in [0.4, 0.5) is 0 Å². The SMILES string of the molecule is O=C(O)[C@@H]1CCC[C@H]1c1ccc2nccnc2c1. The quantitative estimate of drug-likeness (QED) is 0.879. The highest BCUT2D eigenvalue weighted by Gasteiger charge is 2.33. The van der Waals surface area contributed by atoms with Gasteiger partial charge in [0, 0.05) is 12.4 Å². The fourth-order valence-electron chi connectivity index (χ4n) is 2.87. The van der Waals surface area contributed by atoms with Gasteiger partial charge in [0.15, 0.2) is 0 Å². The highest BCUT2D eigenvalue weighted by Crippen LogP contribution is 2.40. The number of benzene rings is 1. The van der Waals surface area contributed by atoms with Gasteiger partial charge in [-0.05, 0) is 36.5 Å². The molecule has 4 nitrogen and oxygen atoms in total. The molecule has 0 saturated heterocycles. The maximum Gasteiger partial charge on any atom is 0.307 e. The van der Waals surface area contributed by atoms with E-state index in [1.165, 1.54) is 0 Å². The number of aliphatic carboxylic acids is 1. The largest absolute Gasteiger partial charge is 0.481 e. The van der Waals surface area contributed by atoms with Gasteiger partial charge < -0.3 is 5.11 Å². The number of hydrogen-bond acceptors (Lipinski definition) is 3. The Bertz CT molecular complexity index is 597. The highest BCUT2D eigenvalue weighted by atomic mass is 16.4. The smallest absolute Gasteiger partial charge is 0.307 e. The first kappa shape index (κ1) is 11.1. The van der Waals surface area contributed by atoms with Crippen molar-refractivity contribution in [2.75, 3.05) is 0 Å². The molecule has 4 heteroatoms. The van der Waals surface area contributed by atoms with Gasteiger partial charge in [0.1, 0.15) is 0 Å². The third-order valence-electron chi connectivity index (χ3n) is 3.75. The third-order valence-corrected chi connectivity index (χ3v) is 3.75. The molecule has 2 aromatic rings. The van der Waals surface area contributed by atoms with Crippen LogP contribution in [-0.4, -0.2) is 21.0 Å². The van der Waals surface area contributed by atoms with Gasteiger partial charge in [-0.3, -0.25) is 14.8 Å². The lowest BCUT2D eigenvalue weighted by atomic mass is 9.89. The Morgan fingerprint density at radius 1 is 1.17 bits per heavy atom. The molecule has 0 unspecified atom stereocenters. The number of hydrogen-bond donors (Lipinski definition) is 1. The minimum Gasteiger partial charge on any atom is -0.481 e. The van der Waals surface area contributed by atoms with Crippen LogP contribution in [0.1, 0.15) is 30.7 Å². The van der Waals surface area contributed by atoms with Gasteiger partial charge in [-0.2, -0.15) is 0 Å². The van der Waals surface area contributed by atoms with E-state index in [1.54, 1.807) is 12.4 Å². The van der Waals surface area contributed by atoms with Crippen LogP contribution >= 0.6 is 0 Å². The number of carboxylic acid groups (broad SMARTS) is 1. The van der Waals surface area contributed by atoms with E-state index in [9.17, 15) is 9.90 Å². The maximum atomic E-state index is 11.2. The zero-order valence-electron chi connectivity index (χ0n) is 9.91. The average Bonchev–Trinajstić information content (AvgIpc) is 2.87. The Balaban J connectivity index is 2.01. The van der Waals surface area contributed by atoms with Crippen molar-refractivity contribution in [3.8, 4) is 0 Å². The second-order valence-corrected chi connectivity index (χ2v) is 4.79. The van der Waals surface area contributed by atoms with Crippen molar-refractivity contribution in [3.05, 3.63) is 36.2 Å². The van der Waals surface area contributed by atoms with E-state index in [-0.39, 0.29) is 11.8 Å². The maximum absolute atomic E-state index is 11.2. The molecule has 0 amide bonds. The van der Waals surface area contributed by atoms with Crippen LogP contribution in [0.15, 0.2) is 30.6 Å². The number of aromatic nitrogens is 2. The number of carbonyl (C=O) groups is 1. The minimum atomic E-state index is -0.684. The molecule has 0 bridgehead atoms. The molecule has 1 aromatic heterocycles. The summed E-state index contributed by atoms with van der Waals surface area (Å²) in [6, 6.07) is 5.89. The van der Waals surface area contributed by atoms with Crippen LogP contribution in [0.5, 0.6) is 0 Å². The zero-order valence-corrected chi connectivity index (χ0v) is 9.91. The van der Waals surface area contributed by atoms with Crippen molar-refractivity contribution in [3.63, 3.8) is 0 Å². The van der Waals surface area contributed by atoms with Crippen molar-refractivity contribution in [2.45, 2.75) is 25.2 Å². The van der Waals surface area contributed by atoms with Crippen LogP contribution in [0.25, 0.3) is 11.0 Å². The molecular weight excluding hydrogens is 228 g/mol. The molecule has 1 heterocycles. The molecule has 2 atom stereocenters. The Labute approximate surface area is 105 Å². The van der Waals surface area contributed by atoms with E-state index in [0.29, 0.717) is 0 Å². The Hall–Kier alpha value is -1.97. The Morgan fingerprint density at radius 3 is 2.72 bits per heavy atom. The summed E-state index contributed by atoms with van der Waals surface area (Å²) in [5.74, 6) is -0.815. The van der Waals surface area contributed by atoms with Gasteiger partial charge in [-0.15, -0.1) is 0 Å². The molecule has 92 valence electrons. The predicted molar refractivity (Wildman–Crippen MR) is 67.3 cm³/mol. The van der Waals surface area contributed by atoms with Crippen molar-refractivity contribution >= 4 is 17.0 Å². The van der Waals surface area contributed by atoms with Crippen LogP contribution in [0, 0.1) is 5.92 Å². The molecule has 0 aliphatic heterocycles. The molecule has 1 aromatic carbocycles. The van der Waals surface area contributed by atoms with Crippen LogP contribution in [-0.2, 0) is 4.79 Å². The van der Waals surface area contributed by atoms with E-state index in [4.69, 9.17) is 0 Å². The summed E-state index contributed by atoms with van der Waals surface area (Å²) in [4.78, 5) is 19.7. The van der Waals surface area contributed by atoms with E-state index < -0.39 is 5.97 Å². The topological polar surface area (TPSA) is 63.1 Å². The molecule has 1 N–H and O–H groups in total. The van der Waals surface area contributed by atoms with Gasteiger partial charge in [-0.25, -0.2) is 0 Å². The first-order chi connectivity index (χ1) is 8.75. The van der Waals surface area contributed by atoms with Gasteiger partial charge in [0.05, 0.1) is 17.0 Å². The lowest BCUT2D eigenvalue weighted by molar-refractivity contribution is -0.142. The summed E-state index contributed by atoms with van der Waals surface area (Å²) in [5.41, 5.74) is 2.77. The van der Waals surface area contributed by atoms with Crippen molar-refractivity contribution < 1.29 is 9.90 Å². The van der Waals surface area contributed by atoms with Gasteiger partial charge in [-0.1, -0.05) is 12.5 Å². The molecule has 3 rings (SSSR count). The first-order valence-electron chi connectivity index (χ1n) is 6.19. The molecule has 0 spiro atoms. The lowest BCUT2D eigenvalue weighted by Gasteiger charge is -2.16.